The standard InChI is InChI=1S/C13H11N3O3S/c17-13(15-18)14-16-20-11-7-3-1-5-9(11)19-10-6-2-4-8-12(10)20/h1-8,16H,(H2-,14,15,17,18)/p+1. The molecule has 3 rings (SSSR count). The minimum absolute atomic E-state index is 0.575. The van der Waals surface area contributed by atoms with Gasteiger partial charge in [-0.2, -0.15) is 0 Å². The minimum atomic E-state index is -0.723. The van der Waals surface area contributed by atoms with Gasteiger partial charge in [0.25, 0.3) is 0 Å². The number of hydrogen-bond acceptors (Lipinski definition) is 4. The van der Waals surface area contributed by atoms with Gasteiger partial charge in [0.15, 0.2) is 22.6 Å². The Morgan fingerprint density at radius 1 is 1.00 bits per heavy atom. The number of ether oxygens (including phenoxy) is 1. The summed E-state index contributed by atoms with van der Waals surface area (Å²) in [5.41, 5.74) is 3.90. The van der Waals surface area contributed by atoms with Gasteiger partial charge in [0.2, 0.25) is 9.79 Å². The summed E-state index contributed by atoms with van der Waals surface area (Å²) in [7, 11) is 0. The van der Waals surface area contributed by atoms with Gasteiger partial charge in [-0.15, -0.1) is 0 Å². The highest BCUT2D eigenvalue weighted by atomic mass is 32.2. The molecule has 6 nitrogen and oxygen atoms in total. The second-order valence-electron chi connectivity index (χ2n) is 3.97. The molecule has 0 unspecified atom stereocenters. The van der Waals surface area contributed by atoms with Crippen LogP contribution in [-0.2, 0) is 11.1 Å². The largest absolute Gasteiger partial charge is 0.447 e. The first-order chi connectivity index (χ1) is 9.79. The van der Waals surface area contributed by atoms with E-state index in [1.807, 2.05) is 48.5 Å². The van der Waals surface area contributed by atoms with Crippen LogP contribution < -0.4 is 20.5 Å². The van der Waals surface area contributed by atoms with Crippen LogP contribution in [0.2, 0.25) is 0 Å². The first-order valence-electron chi connectivity index (χ1n) is 5.85. The second kappa shape index (κ2) is 5.41. The molecule has 4 N–H and O–H groups in total. The molecule has 0 spiro atoms. The molecular formula is C13H12N3O3S+. The molecule has 0 saturated carbocycles. The van der Waals surface area contributed by atoms with Crippen LogP contribution in [0.25, 0.3) is 0 Å². The number of amides is 2. The van der Waals surface area contributed by atoms with Crippen LogP contribution in [0.4, 0.5) is 4.79 Å². The normalized spacial score (nSPS) is 12.8. The highest BCUT2D eigenvalue weighted by Gasteiger charge is 2.38. The minimum Gasteiger partial charge on any atom is -0.447 e. The summed E-state index contributed by atoms with van der Waals surface area (Å²) in [4.78, 5) is 15.9. The van der Waals surface area contributed by atoms with Gasteiger partial charge >= 0.3 is 6.03 Å². The number of hydrogen-bond donors (Lipinski definition) is 4. The molecule has 0 fully saturated rings. The van der Waals surface area contributed by atoms with Crippen LogP contribution in [-0.4, -0.2) is 11.2 Å². The Labute approximate surface area is 118 Å². The number of benzene rings is 2. The summed E-state index contributed by atoms with van der Waals surface area (Å²) in [6.07, 6.45) is 0. The summed E-state index contributed by atoms with van der Waals surface area (Å²) in [6.45, 7) is 0. The number of hydroxylamine groups is 1. The van der Waals surface area contributed by atoms with Crippen LogP contribution in [0, 0.1) is 0 Å². The average Bonchev–Trinajstić information content (AvgIpc) is 2.51. The van der Waals surface area contributed by atoms with Crippen LogP contribution in [0.15, 0.2) is 58.3 Å². The van der Waals surface area contributed by atoms with Crippen molar-refractivity contribution in [2.45, 2.75) is 9.79 Å². The summed E-state index contributed by atoms with van der Waals surface area (Å²) in [5.74, 6) is 1.49. The smallest absolute Gasteiger partial charge is 0.356 e. The van der Waals surface area contributed by atoms with Crippen molar-refractivity contribution in [3.8, 4) is 11.5 Å². The molecule has 1 aliphatic heterocycles. The molecule has 0 saturated heterocycles. The molecule has 20 heavy (non-hydrogen) atoms. The molecule has 2 aromatic carbocycles. The summed E-state index contributed by atoms with van der Waals surface area (Å²) < 4.78 is 5.83. The number of fused-ring (bicyclic) bond motifs is 2. The summed E-state index contributed by atoms with van der Waals surface area (Å²) >= 11 is -0.575. The van der Waals surface area contributed by atoms with E-state index in [1.54, 1.807) is 0 Å². The first-order valence-corrected chi connectivity index (χ1v) is 7.08. The van der Waals surface area contributed by atoms with Crippen LogP contribution >= 0.6 is 0 Å². The van der Waals surface area contributed by atoms with E-state index in [-0.39, 0.29) is 0 Å². The van der Waals surface area contributed by atoms with Crippen LogP contribution in [0.5, 0.6) is 11.5 Å². The number of para-hydroxylation sites is 2. The molecule has 0 bridgehead atoms. The molecule has 0 atom stereocenters. The Bertz CT molecular complexity index is 605. The number of urea groups is 1. The zero-order chi connectivity index (χ0) is 13.9. The molecule has 2 amide bonds. The Kier molecular flexibility index (Phi) is 3.46. The highest BCUT2D eigenvalue weighted by Crippen LogP contribution is 2.41. The van der Waals surface area contributed by atoms with Crippen molar-refractivity contribution in [1.82, 2.24) is 15.7 Å². The summed E-state index contributed by atoms with van der Waals surface area (Å²) in [6, 6.07) is 14.5. The Morgan fingerprint density at radius 3 is 2.10 bits per heavy atom. The lowest BCUT2D eigenvalue weighted by Gasteiger charge is -2.19. The van der Waals surface area contributed by atoms with Gasteiger partial charge < -0.3 is 4.74 Å². The fraction of sp³-hybridized carbons (Fsp3) is 0. The Morgan fingerprint density at radius 2 is 1.55 bits per heavy atom. The molecule has 7 heteroatoms. The first kappa shape index (κ1) is 12.8. The van der Waals surface area contributed by atoms with E-state index >= 15 is 0 Å². The van der Waals surface area contributed by atoms with E-state index in [0.717, 1.165) is 21.3 Å². The number of carbonyl (C=O) groups excluding carboxylic acids is 1. The maximum atomic E-state index is 11.1. The van der Waals surface area contributed by atoms with E-state index in [9.17, 15) is 4.79 Å². The lowest BCUT2D eigenvalue weighted by molar-refractivity contribution is 0.161. The lowest BCUT2D eigenvalue weighted by Crippen LogP contribution is -2.46. The SMILES string of the molecule is O=C(NO)NN[S+]1c2ccccc2Oc2ccccc21. The van der Waals surface area contributed by atoms with Crippen molar-refractivity contribution in [3.05, 3.63) is 48.5 Å². The second-order valence-corrected chi connectivity index (χ2v) is 5.67. The van der Waals surface area contributed by atoms with Crippen LogP contribution in [0.3, 0.4) is 0 Å². The Hall–Kier alpha value is -2.22. The van der Waals surface area contributed by atoms with Gasteiger partial charge in [-0.1, -0.05) is 24.3 Å². The molecule has 1 heterocycles. The zero-order valence-corrected chi connectivity index (χ0v) is 11.1. The Balaban J connectivity index is 1.97. The third kappa shape index (κ3) is 2.29. The molecule has 102 valence electrons. The summed E-state index contributed by atoms with van der Waals surface area (Å²) in [5, 5.41) is 8.53. The van der Waals surface area contributed by atoms with Crippen molar-refractivity contribution in [3.63, 3.8) is 0 Å². The molecule has 1 aliphatic rings. The monoisotopic (exact) mass is 290 g/mol. The van der Waals surface area contributed by atoms with Gasteiger partial charge in [0, 0.05) is 0 Å². The zero-order valence-electron chi connectivity index (χ0n) is 10.3. The molecule has 0 radical (unpaired) electrons. The van der Waals surface area contributed by atoms with E-state index in [4.69, 9.17) is 9.94 Å². The fourth-order valence-corrected chi connectivity index (χ4v) is 3.58. The number of nitrogens with one attached hydrogen (secondary N) is 3. The number of rotatable bonds is 2. The van der Waals surface area contributed by atoms with Crippen molar-refractivity contribution < 1.29 is 14.7 Å². The van der Waals surface area contributed by atoms with Crippen molar-refractivity contribution >= 4 is 17.1 Å². The maximum absolute atomic E-state index is 11.1. The van der Waals surface area contributed by atoms with E-state index in [0.29, 0.717) is 0 Å². The third-order valence-corrected chi connectivity index (χ3v) is 4.59. The van der Waals surface area contributed by atoms with Gasteiger partial charge in [-0.3, -0.25) is 5.21 Å². The van der Waals surface area contributed by atoms with Gasteiger partial charge in [0.1, 0.15) is 0 Å². The van der Waals surface area contributed by atoms with Gasteiger partial charge in [-0.25, -0.2) is 15.7 Å². The van der Waals surface area contributed by atoms with Gasteiger partial charge in [0.05, 0.1) is 0 Å². The van der Waals surface area contributed by atoms with E-state index < -0.39 is 17.1 Å². The van der Waals surface area contributed by atoms with Crippen molar-refractivity contribution in [2.75, 3.05) is 0 Å². The predicted octanol–water partition coefficient (Wildman–Crippen LogP) is 1.94. The fourth-order valence-electron chi connectivity index (χ4n) is 1.88. The molecular weight excluding hydrogens is 278 g/mol. The number of hydrazine groups is 1. The maximum Gasteiger partial charge on any atom is 0.356 e. The number of carbonyl (C=O) groups is 1. The van der Waals surface area contributed by atoms with Crippen molar-refractivity contribution in [2.24, 2.45) is 0 Å². The quantitative estimate of drug-likeness (QED) is 0.387. The van der Waals surface area contributed by atoms with Gasteiger partial charge in [-0.05, 0) is 29.1 Å². The van der Waals surface area contributed by atoms with E-state index in [2.05, 4.69) is 10.3 Å². The molecule has 2 aromatic rings. The third-order valence-electron chi connectivity index (χ3n) is 2.73. The van der Waals surface area contributed by atoms with Crippen LogP contribution in [0.1, 0.15) is 0 Å². The van der Waals surface area contributed by atoms with Crippen molar-refractivity contribution in [1.29, 1.82) is 0 Å². The van der Waals surface area contributed by atoms with E-state index in [1.165, 1.54) is 5.48 Å². The average molecular weight is 290 g/mol. The molecule has 0 aliphatic carbocycles. The lowest BCUT2D eigenvalue weighted by atomic mass is 10.3. The highest BCUT2D eigenvalue weighted by molar-refractivity contribution is 7.95. The predicted molar refractivity (Wildman–Crippen MR) is 73.4 cm³/mol. The topological polar surface area (TPSA) is 82.6 Å². The molecule has 0 aromatic heterocycles.